The van der Waals surface area contributed by atoms with Crippen LogP contribution in [0.25, 0.3) is 11.3 Å². The fraction of sp³-hybridized carbons (Fsp3) is 0.451. The summed E-state index contributed by atoms with van der Waals surface area (Å²) >= 11 is 6.53. The van der Waals surface area contributed by atoms with Gasteiger partial charge >= 0.3 is 12.1 Å². The molecular weight excluding hydrogens is 858 g/mol. The zero-order valence-electron chi connectivity index (χ0n) is 40.2. The minimum Gasteiger partial charge on any atom is -0.543 e. The van der Waals surface area contributed by atoms with Gasteiger partial charge in [0.2, 0.25) is 0 Å². The number of hydrogen-bond donors (Lipinski definition) is 1. The van der Waals surface area contributed by atoms with Crippen molar-refractivity contribution in [1.82, 2.24) is 19.2 Å². The molecular formula is C51H66ClN5O7Si. The lowest BCUT2D eigenvalue weighted by Crippen LogP contribution is -2.46. The van der Waals surface area contributed by atoms with E-state index >= 15 is 4.79 Å². The molecule has 1 aliphatic heterocycles. The zero-order valence-corrected chi connectivity index (χ0v) is 41.9. The number of carbonyl (C=O) groups is 3. The molecule has 348 valence electrons. The molecule has 2 aromatic heterocycles. The van der Waals surface area contributed by atoms with Crippen LogP contribution in [-0.4, -0.2) is 69.4 Å². The molecule has 0 aliphatic carbocycles. The van der Waals surface area contributed by atoms with Crippen LogP contribution >= 0.6 is 11.6 Å². The largest absolute Gasteiger partial charge is 0.543 e. The number of amides is 2. The number of aromatic nitrogens is 3. The monoisotopic (exact) mass is 923 g/mol. The second-order valence-corrected chi connectivity index (χ2v) is 25.5. The third kappa shape index (κ3) is 11.7. The van der Waals surface area contributed by atoms with Gasteiger partial charge in [-0.1, -0.05) is 58.4 Å². The third-order valence-electron chi connectivity index (χ3n) is 12.3. The molecule has 3 heterocycles. The molecule has 0 unspecified atom stereocenters. The van der Waals surface area contributed by atoms with E-state index in [1.807, 2.05) is 98.7 Å². The summed E-state index contributed by atoms with van der Waals surface area (Å²) < 4.78 is 22.5. The van der Waals surface area contributed by atoms with Gasteiger partial charge in [0.15, 0.2) is 0 Å². The number of fused-ring (bicyclic) bond motifs is 1. The maximum Gasteiger partial charge on any atom is 0.407 e. The number of hydrogen-bond acceptors (Lipinski definition) is 7. The molecule has 14 heteroatoms. The summed E-state index contributed by atoms with van der Waals surface area (Å²) in [5, 5.41) is 14.6. The van der Waals surface area contributed by atoms with E-state index in [4.69, 9.17) is 30.6 Å². The predicted octanol–water partition coefficient (Wildman–Crippen LogP) is 12.5. The smallest absolute Gasteiger partial charge is 0.407 e. The van der Waals surface area contributed by atoms with Crippen LogP contribution in [0.5, 0.6) is 11.5 Å². The highest BCUT2D eigenvalue weighted by Gasteiger charge is 2.45. The van der Waals surface area contributed by atoms with Crippen molar-refractivity contribution in [3.63, 3.8) is 0 Å². The van der Waals surface area contributed by atoms with Crippen LogP contribution in [0.2, 0.25) is 23.2 Å². The van der Waals surface area contributed by atoms with Crippen molar-refractivity contribution in [2.75, 3.05) is 18.1 Å². The average Bonchev–Trinajstić information content (AvgIpc) is 3.79. The SMILES string of the molecule is Cc1c(C(=O)N(c2ccc(O[Si](C)(C)C(C)(C)CC(C)(C)C)cc2)c2cnn(CCCCOc3cccc4c3CCN(C(=O)O)C4)c2)cc(-c2cc(Cl)ccc2C(=O)OC(C)(C)C)n1C. The summed E-state index contributed by atoms with van der Waals surface area (Å²) in [6.07, 6.45) is 5.85. The Hall–Kier alpha value is -5.53. The van der Waals surface area contributed by atoms with E-state index in [1.165, 1.54) is 4.90 Å². The highest BCUT2D eigenvalue weighted by atomic mass is 35.5. The predicted molar refractivity (Wildman–Crippen MR) is 260 cm³/mol. The molecule has 65 heavy (non-hydrogen) atoms. The molecule has 6 rings (SSSR count). The van der Waals surface area contributed by atoms with Crippen LogP contribution in [0.1, 0.15) is 112 Å². The Morgan fingerprint density at radius 2 is 1.62 bits per heavy atom. The highest BCUT2D eigenvalue weighted by Crippen LogP contribution is 2.47. The van der Waals surface area contributed by atoms with Gasteiger partial charge in [0.05, 0.1) is 29.6 Å². The van der Waals surface area contributed by atoms with E-state index in [0.717, 1.165) is 41.9 Å². The van der Waals surface area contributed by atoms with Crippen molar-refractivity contribution < 1.29 is 33.4 Å². The lowest BCUT2D eigenvalue weighted by molar-refractivity contribution is 0.00701. The van der Waals surface area contributed by atoms with Gasteiger partial charge in [0, 0.05) is 66.1 Å². The molecule has 0 saturated carbocycles. The first-order valence-electron chi connectivity index (χ1n) is 22.4. The van der Waals surface area contributed by atoms with E-state index in [2.05, 4.69) is 47.7 Å². The Morgan fingerprint density at radius 1 is 0.908 bits per heavy atom. The Morgan fingerprint density at radius 3 is 2.28 bits per heavy atom. The van der Waals surface area contributed by atoms with E-state index in [-0.39, 0.29) is 16.4 Å². The number of esters is 1. The number of halogens is 1. The van der Waals surface area contributed by atoms with Crippen molar-refractivity contribution in [1.29, 1.82) is 0 Å². The van der Waals surface area contributed by atoms with Crippen LogP contribution in [0.3, 0.4) is 0 Å². The molecule has 0 bridgehead atoms. The number of anilines is 2. The Balaban J connectivity index is 1.26. The third-order valence-corrected chi connectivity index (χ3v) is 16.7. The Labute approximate surface area is 390 Å². The first kappa shape index (κ1) is 48.9. The standard InChI is InChI=1S/C51H66ClN5O7Si/c1-34-42(29-44(54(34)10)43-28-36(52)18-23-41(43)47(59)63-50(5,6)7)46(58)57(37-19-21-39(22-20-37)64-65(11,12)51(8,9)33-49(2,3)4)38-30-53-56(32-38)25-13-14-27-62-45-17-15-16-35-31-55(48(60)61)26-24-40(35)45/h15-23,28-30,32H,13-14,24-27,31,33H2,1-12H3,(H,60,61). The number of benzene rings is 3. The molecule has 12 nitrogen and oxygen atoms in total. The van der Waals surface area contributed by atoms with E-state index < -0.39 is 26.0 Å². The second-order valence-electron chi connectivity index (χ2n) is 20.5. The number of aryl methyl sites for hydroxylation is 1. The van der Waals surface area contributed by atoms with Crippen molar-refractivity contribution in [2.45, 2.75) is 125 Å². The minimum atomic E-state index is -2.26. The summed E-state index contributed by atoms with van der Waals surface area (Å²) in [5.41, 5.74) is 5.39. The quantitative estimate of drug-likeness (QED) is 0.0624. The molecule has 0 saturated heterocycles. The summed E-state index contributed by atoms with van der Waals surface area (Å²) in [4.78, 5) is 43.2. The van der Waals surface area contributed by atoms with Gasteiger partial charge in [-0.2, -0.15) is 5.10 Å². The minimum absolute atomic E-state index is 0.00549. The number of rotatable bonds is 15. The molecule has 0 spiro atoms. The van der Waals surface area contributed by atoms with Gasteiger partial charge in [0.1, 0.15) is 17.1 Å². The summed E-state index contributed by atoms with van der Waals surface area (Å²) in [5.74, 6) is 0.796. The van der Waals surface area contributed by atoms with Crippen LogP contribution in [-0.2, 0) is 31.3 Å². The van der Waals surface area contributed by atoms with Crippen LogP contribution in [0.4, 0.5) is 16.2 Å². The summed E-state index contributed by atoms with van der Waals surface area (Å²) in [6, 6.07) is 20.4. The van der Waals surface area contributed by atoms with Gasteiger partial charge in [-0.25, -0.2) is 9.59 Å². The van der Waals surface area contributed by atoms with Gasteiger partial charge in [0.25, 0.3) is 14.2 Å². The van der Waals surface area contributed by atoms with Crippen molar-refractivity contribution in [3.8, 4) is 22.8 Å². The first-order chi connectivity index (χ1) is 30.3. The number of carboxylic acid groups (broad SMARTS) is 1. The van der Waals surface area contributed by atoms with Gasteiger partial charge < -0.3 is 28.5 Å². The normalized spacial score (nSPS) is 13.3. The molecule has 1 aliphatic rings. The zero-order chi connectivity index (χ0) is 47.6. The van der Waals surface area contributed by atoms with Gasteiger partial charge in [-0.15, -0.1) is 0 Å². The Kier molecular flexibility index (Phi) is 14.4. The van der Waals surface area contributed by atoms with Crippen molar-refractivity contribution in [2.24, 2.45) is 12.5 Å². The van der Waals surface area contributed by atoms with E-state index in [1.54, 1.807) is 29.3 Å². The first-order valence-corrected chi connectivity index (χ1v) is 25.7. The number of ether oxygens (including phenoxy) is 2. The topological polar surface area (TPSA) is 128 Å². The molecule has 3 aromatic carbocycles. The maximum absolute atomic E-state index is 15.1. The second kappa shape index (κ2) is 19.1. The Bertz CT molecular complexity index is 2530. The molecule has 1 N–H and O–H groups in total. The maximum atomic E-state index is 15.1. The lowest BCUT2D eigenvalue weighted by atomic mass is 9.86. The van der Waals surface area contributed by atoms with Crippen LogP contribution in [0, 0.1) is 12.3 Å². The van der Waals surface area contributed by atoms with Crippen LogP contribution < -0.4 is 14.1 Å². The number of unbranched alkanes of at least 4 members (excludes halogenated alkanes) is 1. The molecule has 2 amide bonds. The fourth-order valence-corrected chi connectivity index (χ4v) is 10.7. The molecule has 0 radical (unpaired) electrons. The van der Waals surface area contributed by atoms with Crippen molar-refractivity contribution in [3.05, 3.63) is 112 Å². The molecule has 5 aromatic rings. The van der Waals surface area contributed by atoms with Crippen molar-refractivity contribution >= 4 is 49.3 Å². The molecule has 0 atom stereocenters. The average molecular weight is 925 g/mol. The fourth-order valence-electron chi connectivity index (χ4n) is 8.57. The highest BCUT2D eigenvalue weighted by molar-refractivity contribution is 6.74. The number of nitrogens with zero attached hydrogens (tertiary/aromatic N) is 5. The van der Waals surface area contributed by atoms with E-state index in [9.17, 15) is 14.7 Å². The lowest BCUT2D eigenvalue weighted by Gasteiger charge is -2.43. The summed E-state index contributed by atoms with van der Waals surface area (Å²) in [7, 11) is -0.389. The van der Waals surface area contributed by atoms with Gasteiger partial charge in [-0.3, -0.25) is 14.4 Å². The van der Waals surface area contributed by atoms with E-state index in [0.29, 0.717) is 77.1 Å². The molecule has 0 fully saturated rings. The summed E-state index contributed by atoms with van der Waals surface area (Å²) in [6.45, 7) is 25.2. The van der Waals surface area contributed by atoms with Crippen LogP contribution in [0.15, 0.2) is 79.1 Å². The number of carbonyl (C=O) groups excluding carboxylic acids is 2. The van der Waals surface area contributed by atoms with Gasteiger partial charge in [-0.05, 0) is 137 Å².